The third kappa shape index (κ3) is 3.60. The van der Waals surface area contributed by atoms with Gasteiger partial charge in [0.25, 0.3) is 0 Å². The maximum atomic E-state index is 6.70. The molecule has 2 nitrogen and oxygen atoms in total. The first-order chi connectivity index (χ1) is 23.5. The van der Waals surface area contributed by atoms with Crippen molar-refractivity contribution in [3.8, 4) is 44.5 Å². The summed E-state index contributed by atoms with van der Waals surface area (Å²) >= 11 is 0. The summed E-state index contributed by atoms with van der Waals surface area (Å²) in [6, 6.07) is 48.2. The van der Waals surface area contributed by atoms with Gasteiger partial charge < -0.3 is 9.31 Å². The molecule has 1 heterocycles. The van der Waals surface area contributed by atoms with Crippen molar-refractivity contribution in [1.29, 1.82) is 0 Å². The minimum absolute atomic E-state index is 0.0922. The largest absolute Gasteiger partial charge is 0.494 e. The van der Waals surface area contributed by atoms with Crippen molar-refractivity contribution < 1.29 is 9.31 Å². The molecule has 0 N–H and O–H groups in total. The van der Waals surface area contributed by atoms with Crippen LogP contribution in [0, 0.1) is 0 Å². The van der Waals surface area contributed by atoms with Crippen molar-refractivity contribution in [3.05, 3.63) is 161 Å². The molecule has 1 unspecified atom stereocenters. The second kappa shape index (κ2) is 9.50. The number of rotatable bonds is 1. The van der Waals surface area contributed by atoms with Crippen molar-refractivity contribution in [3.63, 3.8) is 0 Å². The SMILES string of the molecule is CC1(C)c2ccccc2-c2cc3c(cc21)-c1ccccc1C31c2ccccc2-c2ccccc2-c2ccc(B3OC(C)(C)C(C)(C)O3)cc21. The summed E-state index contributed by atoms with van der Waals surface area (Å²) in [5.41, 5.74) is 17.9. The zero-order valence-electron chi connectivity index (χ0n) is 29.0. The van der Waals surface area contributed by atoms with E-state index in [1.165, 1.54) is 77.9 Å². The number of hydrogen-bond donors (Lipinski definition) is 0. The Morgan fingerprint density at radius 2 is 0.776 bits per heavy atom. The van der Waals surface area contributed by atoms with Crippen LogP contribution in [0.3, 0.4) is 0 Å². The highest BCUT2D eigenvalue weighted by Crippen LogP contribution is 2.63. The molecule has 4 aliphatic rings. The standard InChI is InChI=1S/C46H39BO2/c1-43(2)37-20-12-9-18-32(37)35-27-42-36(26-40(35)43)33-19-11-14-22-39(33)46(42)38-21-13-10-17-31(38)29-15-7-8-16-30(29)34-24-23-28(25-41(34)46)47-48-44(3,4)45(5,6)49-47/h7-27H,1-6H3. The van der Waals surface area contributed by atoms with E-state index in [0.717, 1.165) is 5.46 Å². The molecule has 1 fully saturated rings. The zero-order chi connectivity index (χ0) is 33.5. The fourth-order valence-electron chi connectivity index (χ4n) is 9.43. The molecule has 10 rings (SSSR count). The fourth-order valence-corrected chi connectivity index (χ4v) is 9.43. The molecular weight excluding hydrogens is 595 g/mol. The van der Waals surface area contributed by atoms with E-state index in [1.54, 1.807) is 0 Å². The van der Waals surface area contributed by atoms with Gasteiger partial charge in [-0.2, -0.15) is 0 Å². The van der Waals surface area contributed by atoms with Gasteiger partial charge in [-0.1, -0.05) is 129 Å². The minimum atomic E-state index is -0.576. The lowest BCUT2D eigenvalue weighted by Crippen LogP contribution is -2.41. The smallest absolute Gasteiger partial charge is 0.399 e. The van der Waals surface area contributed by atoms with Crippen LogP contribution >= 0.6 is 0 Å². The number of hydrogen-bond acceptors (Lipinski definition) is 2. The molecule has 0 saturated carbocycles. The molecule has 6 aromatic rings. The van der Waals surface area contributed by atoms with E-state index in [1.807, 2.05) is 0 Å². The van der Waals surface area contributed by atoms with Crippen LogP contribution in [-0.4, -0.2) is 18.3 Å². The van der Waals surface area contributed by atoms with Crippen LogP contribution in [0.15, 0.2) is 127 Å². The molecule has 238 valence electrons. The topological polar surface area (TPSA) is 18.5 Å². The highest BCUT2D eigenvalue weighted by Gasteiger charge is 2.54. The summed E-state index contributed by atoms with van der Waals surface area (Å²) < 4.78 is 13.4. The van der Waals surface area contributed by atoms with Gasteiger partial charge in [-0.3, -0.25) is 0 Å². The fraction of sp³-hybridized carbons (Fsp3) is 0.217. The Morgan fingerprint density at radius 3 is 1.37 bits per heavy atom. The minimum Gasteiger partial charge on any atom is -0.399 e. The second-order valence-corrected chi connectivity index (χ2v) is 15.9. The molecular formula is C46H39BO2. The van der Waals surface area contributed by atoms with Gasteiger partial charge in [0.05, 0.1) is 16.6 Å². The Bertz CT molecular complexity index is 2380. The monoisotopic (exact) mass is 634 g/mol. The number of fused-ring (bicyclic) bond motifs is 15. The van der Waals surface area contributed by atoms with Gasteiger partial charge in [0, 0.05) is 5.41 Å². The van der Waals surface area contributed by atoms with E-state index in [-0.39, 0.29) is 5.41 Å². The first-order valence-corrected chi connectivity index (χ1v) is 17.6. The third-order valence-electron chi connectivity index (χ3n) is 12.6. The molecule has 3 aliphatic carbocycles. The Labute approximate surface area is 289 Å². The summed E-state index contributed by atoms with van der Waals surface area (Å²) in [5.74, 6) is 0. The van der Waals surface area contributed by atoms with Gasteiger partial charge in [-0.15, -0.1) is 0 Å². The van der Waals surface area contributed by atoms with Crippen LogP contribution < -0.4 is 5.46 Å². The summed E-state index contributed by atoms with van der Waals surface area (Å²) in [4.78, 5) is 0. The molecule has 3 heteroatoms. The highest BCUT2D eigenvalue weighted by atomic mass is 16.7. The van der Waals surface area contributed by atoms with Crippen molar-refractivity contribution in [2.45, 2.75) is 63.6 Å². The van der Waals surface area contributed by atoms with Gasteiger partial charge in [-0.05, 0) is 123 Å². The lowest BCUT2D eigenvalue weighted by Gasteiger charge is -2.36. The molecule has 1 aliphatic heterocycles. The van der Waals surface area contributed by atoms with Gasteiger partial charge in [0.15, 0.2) is 0 Å². The van der Waals surface area contributed by atoms with Crippen LogP contribution in [0.4, 0.5) is 0 Å². The van der Waals surface area contributed by atoms with Gasteiger partial charge in [0.2, 0.25) is 0 Å². The van der Waals surface area contributed by atoms with Crippen LogP contribution in [0.5, 0.6) is 0 Å². The van der Waals surface area contributed by atoms with E-state index in [4.69, 9.17) is 9.31 Å². The Morgan fingerprint density at radius 1 is 0.367 bits per heavy atom. The molecule has 0 radical (unpaired) electrons. The Hall–Kier alpha value is -4.70. The molecule has 6 aromatic carbocycles. The molecule has 0 aromatic heterocycles. The Kier molecular flexibility index (Phi) is 5.67. The predicted molar refractivity (Wildman–Crippen MR) is 201 cm³/mol. The maximum absolute atomic E-state index is 6.70. The lowest BCUT2D eigenvalue weighted by atomic mass is 9.64. The number of benzene rings is 6. The molecule has 0 amide bonds. The van der Waals surface area contributed by atoms with Gasteiger partial charge in [0.1, 0.15) is 0 Å². The van der Waals surface area contributed by atoms with Gasteiger partial charge in [-0.25, -0.2) is 0 Å². The predicted octanol–water partition coefficient (Wildman–Crippen LogP) is 10.3. The molecule has 1 saturated heterocycles. The van der Waals surface area contributed by atoms with Crippen LogP contribution in [0.25, 0.3) is 44.5 Å². The average Bonchev–Trinajstić information content (AvgIpc) is 3.58. The zero-order valence-corrected chi connectivity index (χ0v) is 29.0. The van der Waals surface area contributed by atoms with Gasteiger partial charge >= 0.3 is 7.12 Å². The second-order valence-electron chi connectivity index (χ2n) is 15.9. The first kappa shape index (κ1) is 29.2. The van der Waals surface area contributed by atoms with E-state index < -0.39 is 23.7 Å². The quantitative estimate of drug-likeness (QED) is 0.167. The van der Waals surface area contributed by atoms with Crippen molar-refractivity contribution in [2.75, 3.05) is 0 Å². The van der Waals surface area contributed by atoms with Crippen molar-refractivity contribution >= 4 is 12.6 Å². The summed E-state index contributed by atoms with van der Waals surface area (Å²) in [7, 11) is -0.468. The Balaban J connectivity index is 1.36. The van der Waals surface area contributed by atoms with E-state index in [2.05, 4.69) is 169 Å². The molecule has 49 heavy (non-hydrogen) atoms. The average molecular weight is 635 g/mol. The lowest BCUT2D eigenvalue weighted by molar-refractivity contribution is 0.00578. The first-order valence-electron chi connectivity index (χ1n) is 17.6. The normalized spacial score (nSPS) is 20.8. The van der Waals surface area contributed by atoms with Crippen LogP contribution in [-0.2, 0) is 20.1 Å². The van der Waals surface area contributed by atoms with Crippen LogP contribution in [0.2, 0.25) is 0 Å². The highest BCUT2D eigenvalue weighted by molar-refractivity contribution is 6.62. The molecule has 1 spiro atoms. The van der Waals surface area contributed by atoms with E-state index in [9.17, 15) is 0 Å². The third-order valence-corrected chi connectivity index (χ3v) is 12.6. The van der Waals surface area contributed by atoms with Crippen molar-refractivity contribution in [1.82, 2.24) is 0 Å². The summed E-state index contributed by atoms with van der Waals surface area (Å²) in [6.07, 6.45) is 0. The maximum Gasteiger partial charge on any atom is 0.494 e. The molecule has 1 atom stereocenters. The summed E-state index contributed by atoms with van der Waals surface area (Å²) in [5, 5.41) is 0. The van der Waals surface area contributed by atoms with Crippen molar-refractivity contribution in [2.24, 2.45) is 0 Å². The van der Waals surface area contributed by atoms with E-state index >= 15 is 0 Å². The van der Waals surface area contributed by atoms with E-state index in [0.29, 0.717) is 0 Å². The summed E-state index contributed by atoms with van der Waals surface area (Å²) in [6.45, 7) is 13.3. The van der Waals surface area contributed by atoms with Crippen LogP contribution in [0.1, 0.15) is 74.9 Å². The molecule has 0 bridgehead atoms.